The number of carboxylic acids is 1. The van der Waals surface area contributed by atoms with Gasteiger partial charge in [-0.15, -0.1) is 11.3 Å². The fraction of sp³-hybridized carbons (Fsp3) is 0.400. The van der Waals surface area contributed by atoms with Gasteiger partial charge in [0.1, 0.15) is 11.0 Å². The minimum atomic E-state index is -1.35. The molecule has 0 aliphatic heterocycles. The second kappa shape index (κ2) is 6.69. The smallest absolute Gasteiger partial charge is 0.326 e. The number of nitrogens with zero attached hydrogens (tertiary/aromatic N) is 1. The van der Waals surface area contributed by atoms with Crippen LogP contribution in [-0.2, 0) is 9.59 Å². The Kier molecular flexibility index (Phi) is 5.24. The third-order valence-electron chi connectivity index (χ3n) is 2.18. The molecule has 9 heteroatoms. The number of aliphatic carboxylic acids is 1. The van der Waals surface area contributed by atoms with Crippen molar-refractivity contribution in [3.8, 4) is 0 Å². The molecule has 0 saturated carbocycles. The number of carbonyl (C=O) groups is 3. The second-order valence-corrected chi connectivity index (χ2v) is 4.70. The molecule has 2 atom stereocenters. The van der Waals surface area contributed by atoms with Crippen LogP contribution in [0.5, 0.6) is 0 Å². The summed E-state index contributed by atoms with van der Waals surface area (Å²) >= 11 is 1.36. The SMILES string of the molecule is CC(NC(=O)NC(CC(N)=O)C(=O)O)c1nccs1. The Bertz CT molecular complexity index is 462. The van der Waals surface area contributed by atoms with E-state index in [2.05, 4.69) is 15.6 Å². The summed E-state index contributed by atoms with van der Waals surface area (Å²) in [4.78, 5) is 37.1. The topological polar surface area (TPSA) is 134 Å². The lowest BCUT2D eigenvalue weighted by molar-refractivity contribution is -0.140. The molecule has 0 saturated heterocycles. The molecule has 3 amide bonds. The molecule has 0 aliphatic rings. The lowest BCUT2D eigenvalue weighted by Gasteiger charge is -2.16. The Labute approximate surface area is 113 Å². The molecule has 0 spiro atoms. The van der Waals surface area contributed by atoms with Crippen molar-refractivity contribution in [3.63, 3.8) is 0 Å². The predicted molar refractivity (Wildman–Crippen MR) is 67.4 cm³/mol. The molecule has 2 unspecified atom stereocenters. The highest BCUT2D eigenvalue weighted by atomic mass is 32.1. The van der Waals surface area contributed by atoms with Crippen LogP contribution in [0.15, 0.2) is 11.6 Å². The Balaban J connectivity index is 2.53. The summed E-state index contributed by atoms with van der Waals surface area (Å²) in [6.07, 6.45) is 1.14. The first kappa shape index (κ1) is 14.9. The molecule has 0 aliphatic carbocycles. The van der Waals surface area contributed by atoms with Crippen LogP contribution in [0.4, 0.5) is 4.79 Å². The molecule has 1 heterocycles. The van der Waals surface area contributed by atoms with Crippen LogP contribution in [0.1, 0.15) is 24.4 Å². The van der Waals surface area contributed by atoms with E-state index in [0.29, 0.717) is 5.01 Å². The third kappa shape index (κ3) is 4.92. The number of carbonyl (C=O) groups excluding carboxylic acids is 2. The quantitative estimate of drug-likeness (QED) is 0.576. The summed E-state index contributed by atoms with van der Waals surface area (Å²) in [7, 11) is 0. The Morgan fingerprint density at radius 3 is 2.63 bits per heavy atom. The van der Waals surface area contributed by atoms with Gasteiger partial charge < -0.3 is 21.5 Å². The van der Waals surface area contributed by atoms with Crippen LogP contribution < -0.4 is 16.4 Å². The van der Waals surface area contributed by atoms with Crippen molar-refractivity contribution in [2.24, 2.45) is 5.73 Å². The van der Waals surface area contributed by atoms with Crippen molar-refractivity contribution >= 4 is 29.2 Å². The Morgan fingerprint density at radius 1 is 1.47 bits per heavy atom. The zero-order chi connectivity index (χ0) is 14.4. The number of amides is 3. The average molecular weight is 286 g/mol. The van der Waals surface area contributed by atoms with Gasteiger partial charge in [-0.2, -0.15) is 0 Å². The second-order valence-electron chi connectivity index (χ2n) is 3.77. The number of rotatable bonds is 6. The molecular weight excluding hydrogens is 272 g/mol. The van der Waals surface area contributed by atoms with Crippen molar-refractivity contribution in [3.05, 3.63) is 16.6 Å². The van der Waals surface area contributed by atoms with Crippen LogP contribution >= 0.6 is 11.3 Å². The van der Waals surface area contributed by atoms with E-state index in [1.54, 1.807) is 18.5 Å². The highest BCUT2D eigenvalue weighted by Crippen LogP contribution is 2.14. The van der Waals surface area contributed by atoms with E-state index in [0.717, 1.165) is 0 Å². The molecule has 1 rings (SSSR count). The lowest BCUT2D eigenvalue weighted by atomic mass is 10.2. The van der Waals surface area contributed by atoms with Crippen LogP contribution in [-0.4, -0.2) is 34.0 Å². The van der Waals surface area contributed by atoms with Crippen molar-refractivity contribution < 1.29 is 19.5 Å². The van der Waals surface area contributed by atoms with Gasteiger partial charge >= 0.3 is 12.0 Å². The van der Waals surface area contributed by atoms with Crippen molar-refractivity contribution in [1.29, 1.82) is 0 Å². The third-order valence-corrected chi connectivity index (χ3v) is 3.14. The van der Waals surface area contributed by atoms with Gasteiger partial charge in [-0.1, -0.05) is 0 Å². The van der Waals surface area contributed by atoms with Crippen LogP contribution in [0, 0.1) is 0 Å². The molecule has 0 bridgehead atoms. The van der Waals surface area contributed by atoms with E-state index in [1.165, 1.54) is 11.3 Å². The fourth-order valence-corrected chi connectivity index (χ4v) is 1.95. The number of hydrogen-bond acceptors (Lipinski definition) is 5. The summed E-state index contributed by atoms with van der Waals surface area (Å²) in [5, 5.41) is 16.0. The summed E-state index contributed by atoms with van der Waals surface area (Å²) in [5.74, 6) is -2.13. The fourth-order valence-electron chi connectivity index (χ4n) is 1.31. The molecule has 8 nitrogen and oxygen atoms in total. The molecule has 1 aromatic rings. The largest absolute Gasteiger partial charge is 0.480 e. The highest BCUT2D eigenvalue weighted by molar-refractivity contribution is 7.09. The van der Waals surface area contributed by atoms with E-state index in [4.69, 9.17) is 10.8 Å². The zero-order valence-corrected chi connectivity index (χ0v) is 10.9. The van der Waals surface area contributed by atoms with E-state index < -0.39 is 30.4 Å². The maximum absolute atomic E-state index is 11.6. The minimum Gasteiger partial charge on any atom is -0.480 e. The molecule has 19 heavy (non-hydrogen) atoms. The monoisotopic (exact) mass is 286 g/mol. The predicted octanol–water partition coefficient (Wildman–Crippen LogP) is -0.168. The molecular formula is C10H14N4O4S. The van der Waals surface area contributed by atoms with Crippen LogP contribution in [0.3, 0.4) is 0 Å². The minimum absolute atomic E-state index is 0.358. The van der Waals surface area contributed by atoms with Crippen LogP contribution in [0.2, 0.25) is 0 Å². The number of urea groups is 1. The van der Waals surface area contributed by atoms with Gasteiger partial charge in [-0.25, -0.2) is 14.6 Å². The van der Waals surface area contributed by atoms with Crippen LogP contribution in [0.25, 0.3) is 0 Å². The first-order valence-corrected chi connectivity index (χ1v) is 6.25. The number of thiazole rings is 1. The number of aromatic nitrogens is 1. The van der Waals surface area contributed by atoms with Crippen molar-refractivity contribution in [2.45, 2.75) is 25.4 Å². The zero-order valence-electron chi connectivity index (χ0n) is 10.1. The van der Waals surface area contributed by atoms with Gasteiger partial charge in [0.2, 0.25) is 5.91 Å². The summed E-state index contributed by atoms with van der Waals surface area (Å²) in [6.45, 7) is 1.71. The van der Waals surface area contributed by atoms with Gasteiger partial charge in [0, 0.05) is 11.6 Å². The lowest BCUT2D eigenvalue weighted by Crippen LogP contribution is -2.48. The molecule has 0 radical (unpaired) electrons. The number of nitrogens with one attached hydrogen (secondary N) is 2. The molecule has 0 aromatic carbocycles. The molecule has 0 fully saturated rings. The standard InChI is InChI=1S/C10H14N4O4S/c1-5(8-12-2-3-19-8)13-10(18)14-6(9(16)17)4-7(11)15/h2-3,5-6H,4H2,1H3,(H2,11,15)(H,16,17)(H2,13,14,18). The summed E-state index contributed by atoms with van der Waals surface area (Å²) < 4.78 is 0. The Morgan fingerprint density at radius 2 is 2.16 bits per heavy atom. The van der Waals surface area contributed by atoms with Crippen molar-refractivity contribution in [2.75, 3.05) is 0 Å². The van der Waals surface area contributed by atoms with Gasteiger partial charge in [0.15, 0.2) is 0 Å². The van der Waals surface area contributed by atoms with Gasteiger partial charge in [0.25, 0.3) is 0 Å². The first-order valence-electron chi connectivity index (χ1n) is 5.37. The Hall–Kier alpha value is -2.16. The van der Waals surface area contributed by atoms with Gasteiger partial charge in [0.05, 0.1) is 12.5 Å². The normalized spacial score (nSPS) is 13.3. The number of nitrogens with two attached hydrogens (primary N) is 1. The molecule has 104 valence electrons. The van der Waals surface area contributed by atoms with E-state index in [9.17, 15) is 14.4 Å². The number of carboxylic acid groups (broad SMARTS) is 1. The highest BCUT2D eigenvalue weighted by Gasteiger charge is 2.23. The summed E-state index contributed by atoms with van der Waals surface area (Å²) in [5.41, 5.74) is 4.90. The van der Waals surface area contributed by atoms with E-state index in [1.807, 2.05) is 0 Å². The summed E-state index contributed by atoms with van der Waals surface area (Å²) in [6, 6.07) is -2.40. The maximum Gasteiger partial charge on any atom is 0.326 e. The number of hydrogen-bond donors (Lipinski definition) is 4. The first-order chi connectivity index (χ1) is 8.90. The average Bonchev–Trinajstić information content (AvgIpc) is 2.80. The molecule has 1 aromatic heterocycles. The van der Waals surface area contributed by atoms with Gasteiger partial charge in [-0.3, -0.25) is 4.79 Å². The maximum atomic E-state index is 11.6. The van der Waals surface area contributed by atoms with Crippen molar-refractivity contribution in [1.82, 2.24) is 15.6 Å². The number of primary amides is 1. The molecule has 5 N–H and O–H groups in total. The van der Waals surface area contributed by atoms with Gasteiger partial charge in [-0.05, 0) is 6.92 Å². The van der Waals surface area contributed by atoms with E-state index >= 15 is 0 Å². The van der Waals surface area contributed by atoms with E-state index in [-0.39, 0.29) is 6.04 Å².